The lowest BCUT2D eigenvalue weighted by molar-refractivity contribution is 0.0601. The van der Waals surface area contributed by atoms with E-state index in [9.17, 15) is 4.79 Å². The predicted octanol–water partition coefficient (Wildman–Crippen LogP) is 3.34. The molecule has 6 heteroatoms. The van der Waals surface area contributed by atoms with Crippen LogP contribution >= 0.6 is 0 Å². The molecule has 2 heterocycles. The van der Waals surface area contributed by atoms with E-state index in [1.807, 2.05) is 10.6 Å². The van der Waals surface area contributed by atoms with E-state index in [0.717, 1.165) is 23.4 Å². The minimum absolute atomic E-state index is 0.186. The Bertz CT molecular complexity index is 646. The number of carbonyl (C=O) groups is 1. The molecule has 114 valence electrons. The molecule has 0 saturated heterocycles. The zero-order valence-corrected chi connectivity index (χ0v) is 14.2. The second kappa shape index (κ2) is 5.99. The molecule has 0 bridgehead atoms. The molecule has 0 N–H and O–H groups in total. The summed E-state index contributed by atoms with van der Waals surface area (Å²) in [6.45, 7) is 6.83. The van der Waals surface area contributed by atoms with Crippen molar-refractivity contribution in [3.8, 4) is 5.75 Å². The van der Waals surface area contributed by atoms with Gasteiger partial charge in [0.2, 0.25) is 0 Å². The Hall–Kier alpha value is -1.66. The van der Waals surface area contributed by atoms with Gasteiger partial charge in [-0.15, -0.1) is 0 Å². The van der Waals surface area contributed by atoms with E-state index in [0.29, 0.717) is 11.4 Å². The lowest BCUT2D eigenvalue weighted by Crippen LogP contribution is -2.27. The maximum atomic E-state index is 11.4. The molecule has 0 fully saturated rings. The van der Waals surface area contributed by atoms with Crippen LogP contribution in [0.2, 0.25) is 25.7 Å². The third-order valence-corrected chi connectivity index (χ3v) is 4.99. The largest absolute Gasteiger partial charge is 0.496 e. The fraction of sp³-hybridized carbons (Fsp3) is 0.467. The summed E-state index contributed by atoms with van der Waals surface area (Å²) in [5.74, 6) is 0.713. The van der Waals surface area contributed by atoms with Crippen LogP contribution in [-0.4, -0.2) is 38.1 Å². The normalized spacial score (nSPS) is 13.4. The number of aromatic nitrogens is 2. The molecule has 2 aromatic heterocycles. The number of hydrogen-bond donors (Lipinski definition) is 0. The standard InChI is InChI=1S/C15H22N2O3Si/c1-19-13-6-7-16-15-12(13)8-11(9-18)17(15)14(20-2)10-21(3,4)5/h6-9,14H,10H2,1-5H3. The molecule has 0 aliphatic rings. The summed E-state index contributed by atoms with van der Waals surface area (Å²) in [5.41, 5.74) is 1.29. The summed E-state index contributed by atoms with van der Waals surface area (Å²) in [7, 11) is 1.92. The average Bonchev–Trinajstić information content (AvgIpc) is 2.82. The first kappa shape index (κ1) is 15.7. The minimum Gasteiger partial charge on any atom is -0.496 e. The summed E-state index contributed by atoms with van der Waals surface area (Å²) in [4.78, 5) is 15.9. The average molecular weight is 306 g/mol. The van der Waals surface area contributed by atoms with Crippen LogP contribution in [0.1, 0.15) is 16.7 Å². The van der Waals surface area contributed by atoms with Crippen LogP contribution < -0.4 is 4.74 Å². The van der Waals surface area contributed by atoms with E-state index in [-0.39, 0.29) is 6.23 Å². The van der Waals surface area contributed by atoms with E-state index in [1.165, 1.54) is 0 Å². The number of carbonyl (C=O) groups excluding carboxylic acids is 1. The van der Waals surface area contributed by atoms with Crippen molar-refractivity contribution in [2.75, 3.05) is 14.2 Å². The Labute approximate surface area is 125 Å². The second-order valence-corrected chi connectivity index (χ2v) is 11.8. The third kappa shape index (κ3) is 3.16. The molecule has 1 atom stereocenters. The van der Waals surface area contributed by atoms with Crippen LogP contribution in [-0.2, 0) is 4.74 Å². The molecule has 2 aromatic rings. The molecule has 2 rings (SSSR count). The quantitative estimate of drug-likeness (QED) is 0.607. The molecule has 5 nitrogen and oxygen atoms in total. The van der Waals surface area contributed by atoms with Crippen molar-refractivity contribution >= 4 is 25.4 Å². The summed E-state index contributed by atoms with van der Waals surface area (Å²) in [6.07, 6.45) is 2.35. The van der Waals surface area contributed by atoms with Gasteiger partial charge in [0.1, 0.15) is 17.6 Å². The Morgan fingerprint density at radius 2 is 2.10 bits per heavy atom. The van der Waals surface area contributed by atoms with E-state index >= 15 is 0 Å². The first-order chi connectivity index (χ1) is 9.91. The molecule has 0 amide bonds. The Kier molecular flexibility index (Phi) is 4.48. The van der Waals surface area contributed by atoms with Gasteiger partial charge in [-0.05, 0) is 18.2 Å². The highest BCUT2D eigenvalue weighted by molar-refractivity contribution is 6.76. The fourth-order valence-electron chi connectivity index (χ4n) is 2.49. The molecule has 0 aromatic carbocycles. The van der Waals surface area contributed by atoms with Gasteiger partial charge in [-0.3, -0.25) is 9.36 Å². The highest BCUT2D eigenvalue weighted by atomic mass is 28.3. The van der Waals surface area contributed by atoms with Gasteiger partial charge in [0.05, 0.1) is 18.2 Å². The van der Waals surface area contributed by atoms with Gasteiger partial charge in [0, 0.05) is 21.4 Å². The number of nitrogens with zero attached hydrogens (tertiary/aromatic N) is 2. The third-order valence-electron chi connectivity index (χ3n) is 3.42. The van der Waals surface area contributed by atoms with Crippen molar-refractivity contribution < 1.29 is 14.3 Å². The van der Waals surface area contributed by atoms with Crippen molar-refractivity contribution in [3.05, 3.63) is 24.0 Å². The van der Waals surface area contributed by atoms with E-state index in [1.54, 1.807) is 26.5 Å². The molecule has 0 saturated carbocycles. The highest BCUT2D eigenvalue weighted by Gasteiger charge is 2.25. The lowest BCUT2D eigenvalue weighted by Gasteiger charge is -2.26. The van der Waals surface area contributed by atoms with Crippen molar-refractivity contribution in [1.82, 2.24) is 9.55 Å². The van der Waals surface area contributed by atoms with E-state index < -0.39 is 8.07 Å². The SMILES string of the molecule is COc1ccnc2c1cc(C=O)n2C(C[Si](C)(C)C)OC. The summed E-state index contributed by atoms with van der Waals surface area (Å²) < 4.78 is 12.9. The van der Waals surface area contributed by atoms with Crippen LogP contribution in [0, 0.1) is 0 Å². The Balaban J connectivity index is 2.63. The van der Waals surface area contributed by atoms with E-state index in [4.69, 9.17) is 9.47 Å². The topological polar surface area (TPSA) is 53.3 Å². The van der Waals surface area contributed by atoms with Gasteiger partial charge in [0.15, 0.2) is 6.29 Å². The summed E-state index contributed by atoms with van der Waals surface area (Å²) in [5, 5.41) is 0.833. The van der Waals surface area contributed by atoms with Crippen LogP contribution in [0.4, 0.5) is 0 Å². The van der Waals surface area contributed by atoms with Crippen LogP contribution in [0.25, 0.3) is 11.0 Å². The first-order valence-corrected chi connectivity index (χ1v) is 10.6. The Morgan fingerprint density at radius 3 is 2.62 bits per heavy atom. The molecule has 21 heavy (non-hydrogen) atoms. The van der Waals surface area contributed by atoms with Crippen molar-refractivity contribution in [2.45, 2.75) is 31.9 Å². The number of aldehydes is 1. The maximum absolute atomic E-state index is 11.4. The lowest BCUT2D eigenvalue weighted by atomic mass is 10.3. The number of hydrogen-bond acceptors (Lipinski definition) is 4. The van der Waals surface area contributed by atoms with Gasteiger partial charge in [-0.25, -0.2) is 4.98 Å². The fourth-order valence-corrected chi connectivity index (χ4v) is 3.88. The molecule has 0 aliphatic heterocycles. The number of ether oxygens (including phenoxy) is 2. The predicted molar refractivity (Wildman–Crippen MR) is 85.9 cm³/mol. The molecule has 1 unspecified atom stereocenters. The van der Waals surface area contributed by atoms with Crippen LogP contribution in [0.3, 0.4) is 0 Å². The second-order valence-electron chi connectivity index (χ2n) is 6.26. The summed E-state index contributed by atoms with van der Waals surface area (Å²) >= 11 is 0. The van der Waals surface area contributed by atoms with Crippen LogP contribution in [0.15, 0.2) is 18.3 Å². The Morgan fingerprint density at radius 1 is 1.38 bits per heavy atom. The summed E-state index contributed by atoms with van der Waals surface area (Å²) in [6, 6.07) is 4.51. The van der Waals surface area contributed by atoms with Gasteiger partial charge < -0.3 is 9.47 Å². The van der Waals surface area contributed by atoms with Crippen molar-refractivity contribution in [3.63, 3.8) is 0 Å². The maximum Gasteiger partial charge on any atom is 0.166 e. The number of rotatable bonds is 6. The zero-order valence-electron chi connectivity index (χ0n) is 13.2. The molecular weight excluding hydrogens is 284 g/mol. The van der Waals surface area contributed by atoms with Gasteiger partial charge in [0.25, 0.3) is 0 Å². The van der Waals surface area contributed by atoms with Crippen molar-refractivity contribution in [1.29, 1.82) is 0 Å². The van der Waals surface area contributed by atoms with Gasteiger partial charge in [-0.1, -0.05) is 19.6 Å². The number of fused-ring (bicyclic) bond motifs is 1. The highest BCUT2D eigenvalue weighted by Crippen LogP contribution is 2.32. The van der Waals surface area contributed by atoms with Crippen molar-refractivity contribution in [2.24, 2.45) is 0 Å². The minimum atomic E-state index is -1.36. The smallest absolute Gasteiger partial charge is 0.166 e. The molecule has 0 aliphatic carbocycles. The van der Waals surface area contributed by atoms with Crippen LogP contribution in [0.5, 0.6) is 5.75 Å². The van der Waals surface area contributed by atoms with E-state index in [2.05, 4.69) is 24.6 Å². The molecule has 0 spiro atoms. The number of methoxy groups -OCH3 is 2. The number of pyridine rings is 1. The molecule has 0 radical (unpaired) electrons. The van der Waals surface area contributed by atoms with Gasteiger partial charge in [-0.2, -0.15) is 0 Å². The molecular formula is C15H22N2O3Si. The van der Waals surface area contributed by atoms with Gasteiger partial charge >= 0.3 is 0 Å². The zero-order chi connectivity index (χ0) is 15.6. The first-order valence-electron chi connectivity index (χ1n) is 6.93. The monoisotopic (exact) mass is 306 g/mol.